The number of aliphatic hydroxyl groups is 4. The molecule has 0 saturated carbocycles. The monoisotopic (exact) mass is 415 g/mol. The Labute approximate surface area is 174 Å². The number of ether oxygens (including phenoxy) is 1. The Morgan fingerprint density at radius 3 is 2.38 bits per heavy atom. The lowest BCUT2D eigenvalue weighted by Crippen LogP contribution is -2.55. The van der Waals surface area contributed by atoms with Crippen molar-refractivity contribution in [2.45, 2.75) is 48.8 Å². The Morgan fingerprint density at radius 1 is 1.03 bits per heavy atom. The van der Waals surface area contributed by atoms with Crippen molar-refractivity contribution < 1.29 is 25.2 Å². The number of thioether (sulfide) groups is 1. The van der Waals surface area contributed by atoms with E-state index in [2.05, 4.69) is 25.1 Å². The van der Waals surface area contributed by atoms with Crippen molar-refractivity contribution in [3.8, 4) is 6.07 Å². The van der Waals surface area contributed by atoms with Crippen molar-refractivity contribution in [1.29, 1.82) is 5.26 Å². The zero-order valence-electron chi connectivity index (χ0n) is 16.1. The number of aliphatic hydroxyl groups excluding tert-OH is 4. The molecule has 1 unspecified atom stereocenters. The molecule has 1 heterocycles. The summed E-state index contributed by atoms with van der Waals surface area (Å²) in [7, 11) is 0. The Kier molecular flexibility index (Phi) is 7.30. The molecule has 0 spiro atoms. The summed E-state index contributed by atoms with van der Waals surface area (Å²) in [6.07, 6.45) is -5.54. The average molecular weight is 416 g/mol. The predicted octanol–water partition coefficient (Wildman–Crippen LogP) is 1.78. The lowest BCUT2D eigenvalue weighted by Gasteiger charge is -2.40. The van der Waals surface area contributed by atoms with Crippen molar-refractivity contribution in [2.24, 2.45) is 0 Å². The van der Waals surface area contributed by atoms with Crippen LogP contribution < -0.4 is 0 Å². The summed E-state index contributed by atoms with van der Waals surface area (Å²) in [6, 6.07) is 15.4. The number of nitrogens with zero attached hydrogens (tertiary/aromatic N) is 1. The normalized spacial score (nSPS) is 26.8. The summed E-state index contributed by atoms with van der Waals surface area (Å²) in [5.41, 5.74) is 2.92. The fourth-order valence-corrected chi connectivity index (χ4v) is 4.18. The van der Waals surface area contributed by atoms with E-state index >= 15 is 0 Å². The van der Waals surface area contributed by atoms with Gasteiger partial charge >= 0.3 is 0 Å². The topological polar surface area (TPSA) is 114 Å². The van der Waals surface area contributed by atoms with E-state index in [4.69, 9.17) is 4.74 Å². The van der Waals surface area contributed by atoms with Crippen LogP contribution in [0.1, 0.15) is 35.3 Å². The summed E-state index contributed by atoms with van der Waals surface area (Å²) < 4.78 is 5.64. The molecule has 6 nitrogen and oxygen atoms in total. The first-order valence-electron chi connectivity index (χ1n) is 9.53. The van der Waals surface area contributed by atoms with Crippen LogP contribution in [-0.2, 0) is 11.2 Å². The Balaban J connectivity index is 1.87. The summed E-state index contributed by atoms with van der Waals surface area (Å²) >= 11 is 1.76. The van der Waals surface area contributed by atoms with Crippen molar-refractivity contribution in [2.75, 3.05) is 12.4 Å². The maximum absolute atomic E-state index is 10.4. The van der Waals surface area contributed by atoms with Crippen LogP contribution in [0, 0.1) is 11.3 Å². The van der Waals surface area contributed by atoms with Crippen LogP contribution in [0.3, 0.4) is 0 Å². The summed E-state index contributed by atoms with van der Waals surface area (Å²) in [5.74, 6) is 0.999. The van der Waals surface area contributed by atoms with Gasteiger partial charge in [-0.15, -0.1) is 11.8 Å². The smallest absolute Gasteiger partial charge is 0.113 e. The number of hydrogen-bond donors (Lipinski definition) is 4. The van der Waals surface area contributed by atoms with Crippen LogP contribution >= 0.6 is 11.8 Å². The van der Waals surface area contributed by atoms with Gasteiger partial charge < -0.3 is 25.2 Å². The first-order chi connectivity index (χ1) is 14.0. The van der Waals surface area contributed by atoms with Gasteiger partial charge in [0.15, 0.2) is 0 Å². The molecule has 1 aliphatic rings. The van der Waals surface area contributed by atoms with Gasteiger partial charge in [-0.25, -0.2) is 0 Å². The standard InChI is InChI=1S/C22H25NO5S/c1-2-29-17-7-3-13(4-8-17)9-16-10-14(5-6-15(16)11-23)22-21(27)20(26)19(25)18(12-24)28-22/h3-8,10,18-22,24-27H,2,9,12H2,1H3/t18?,19-,20+,21-,22+/m1/s1. The first kappa shape index (κ1) is 21.8. The molecule has 29 heavy (non-hydrogen) atoms. The number of rotatable bonds is 6. The predicted molar refractivity (Wildman–Crippen MR) is 110 cm³/mol. The van der Waals surface area contributed by atoms with Gasteiger partial charge in [-0.3, -0.25) is 0 Å². The second-order valence-corrected chi connectivity index (χ2v) is 8.37. The van der Waals surface area contributed by atoms with Crippen LogP contribution in [0.5, 0.6) is 0 Å². The fraction of sp³-hybridized carbons (Fsp3) is 0.409. The molecule has 2 aromatic carbocycles. The molecule has 2 aromatic rings. The minimum atomic E-state index is -1.44. The van der Waals surface area contributed by atoms with Gasteiger partial charge in [0.1, 0.15) is 30.5 Å². The van der Waals surface area contributed by atoms with Gasteiger partial charge in [-0.2, -0.15) is 5.26 Å². The SMILES string of the molecule is CCSc1ccc(Cc2cc([C@@H]3OC(CO)[C@@H](O)[C@H](O)[C@H]3O)ccc2C#N)cc1. The molecule has 1 aliphatic heterocycles. The third-order valence-corrected chi connectivity index (χ3v) is 5.99. The van der Waals surface area contributed by atoms with Gasteiger partial charge in [0.2, 0.25) is 0 Å². The third kappa shape index (κ3) is 4.81. The van der Waals surface area contributed by atoms with Crippen molar-refractivity contribution in [3.63, 3.8) is 0 Å². The van der Waals surface area contributed by atoms with Crippen LogP contribution in [0.15, 0.2) is 47.4 Å². The lowest BCUT2D eigenvalue weighted by atomic mass is 9.89. The Hall–Kier alpha value is -1.92. The molecule has 3 rings (SSSR count). The Bertz CT molecular complexity index is 864. The zero-order valence-corrected chi connectivity index (χ0v) is 16.9. The highest BCUT2D eigenvalue weighted by molar-refractivity contribution is 7.99. The molecule has 0 aliphatic carbocycles. The van der Waals surface area contributed by atoms with E-state index in [0.717, 1.165) is 16.9 Å². The van der Waals surface area contributed by atoms with Crippen LogP contribution in [0.2, 0.25) is 0 Å². The fourth-order valence-electron chi connectivity index (χ4n) is 3.51. The van der Waals surface area contributed by atoms with E-state index in [1.165, 1.54) is 4.90 Å². The molecule has 5 atom stereocenters. The largest absolute Gasteiger partial charge is 0.394 e. The molecular formula is C22H25NO5S. The molecule has 154 valence electrons. The van der Waals surface area contributed by atoms with Gasteiger partial charge in [0.05, 0.1) is 18.2 Å². The molecule has 1 fully saturated rings. The van der Waals surface area contributed by atoms with E-state index in [1.54, 1.807) is 30.0 Å². The highest BCUT2D eigenvalue weighted by Gasteiger charge is 2.44. The minimum Gasteiger partial charge on any atom is -0.394 e. The maximum Gasteiger partial charge on any atom is 0.113 e. The first-order valence-corrected chi connectivity index (χ1v) is 10.5. The second-order valence-electron chi connectivity index (χ2n) is 7.03. The molecule has 7 heteroatoms. The van der Waals surface area contributed by atoms with Crippen LogP contribution in [0.4, 0.5) is 0 Å². The molecule has 0 radical (unpaired) electrons. The number of benzene rings is 2. The summed E-state index contributed by atoms with van der Waals surface area (Å²) in [5, 5.41) is 49.3. The summed E-state index contributed by atoms with van der Waals surface area (Å²) in [6.45, 7) is 1.62. The van der Waals surface area contributed by atoms with Crippen molar-refractivity contribution in [3.05, 3.63) is 64.7 Å². The van der Waals surface area contributed by atoms with E-state index in [1.807, 2.05) is 12.1 Å². The van der Waals surface area contributed by atoms with E-state index in [0.29, 0.717) is 17.5 Å². The van der Waals surface area contributed by atoms with Crippen molar-refractivity contribution >= 4 is 11.8 Å². The third-order valence-electron chi connectivity index (χ3n) is 5.10. The number of hydrogen-bond acceptors (Lipinski definition) is 7. The quantitative estimate of drug-likeness (QED) is 0.532. The van der Waals surface area contributed by atoms with E-state index in [-0.39, 0.29) is 0 Å². The maximum atomic E-state index is 10.4. The Morgan fingerprint density at radius 2 is 1.76 bits per heavy atom. The minimum absolute atomic E-state index is 0.479. The van der Waals surface area contributed by atoms with Crippen molar-refractivity contribution in [1.82, 2.24) is 0 Å². The van der Waals surface area contributed by atoms with Gasteiger partial charge in [0, 0.05) is 4.90 Å². The van der Waals surface area contributed by atoms with Crippen LogP contribution in [-0.4, -0.2) is 57.2 Å². The highest BCUT2D eigenvalue weighted by atomic mass is 32.2. The van der Waals surface area contributed by atoms with Gasteiger partial charge in [-0.05, 0) is 47.1 Å². The molecule has 1 saturated heterocycles. The molecule has 0 aromatic heterocycles. The molecule has 0 amide bonds. The van der Waals surface area contributed by atoms with E-state index in [9.17, 15) is 25.7 Å². The van der Waals surface area contributed by atoms with Gasteiger partial charge in [0.25, 0.3) is 0 Å². The zero-order chi connectivity index (χ0) is 21.0. The number of nitriles is 1. The molecule has 0 bridgehead atoms. The molecule has 4 N–H and O–H groups in total. The van der Waals surface area contributed by atoms with Crippen LogP contribution in [0.25, 0.3) is 0 Å². The summed E-state index contributed by atoms with van der Waals surface area (Å²) in [4.78, 5) is 1.19. The molecular weight excluding hydrogens is 390 g/mol. The highest BCUT2D eigenvalue weighted by Crippen LogP contribution is 2.33. The lowest BCUT2D eigenvalue weighted by molar-refractivity contribution is -0.231. The second kappa shape index (κ2) is 9.72. The van der Waals surface area contributed by atoms with Gasteiger partial charge in [-0.1, -0.05) is 31.2 Å². The van der Waals surface area contributed by atoms with E-state index < -0.39 is 37.1 Å². The average Bonchev–Trinajstić information content (AvgIpc) is 2.74.